The van der Waals surface area contributed by atoms with E-state index in [4.69, 9.17) is 17.0 Å². The maximum absolute atomic E-state index is 12.4. The van der Waals surface area contributed by atoms with E-state index in [1.165, 1.54) is 0 Å². The van der Waals surface area contributed by atoms with E-state index >= 15 is 0 Å². The van der Waals surface area contributed by atoms with Gasteiger partial charge >= 0.3 is 5.97 Å². The lowest BCUT2D eigenvalue weighted by atomic mass is 10.0. The van der Waals surface area contributed by atoms with Crippen molar-refractivity contribution >= 4 is 29.4 Å². The molecule has 1 aliphatic heterocycles. The first-order valence-electron chi connectivity index (χ1n) is 7.66. The fraction of sp³-hybridized carbons (Fsp3) is 0.333. The highest BCUT2D eigenvalue weighted by atomic mass is 32.1. The number of rotatable bonds is 5. The van der Waals surface area contributed by atoms with E-state index in [0.29, 0.717) is 23.2 Å². The molecule has 0 saturated carbocycles. The second-order valence-corrected chi connectivity index (χ2v) is 6.29. The summed E-state index contributed by atoms with van der Waals surface area (Å²) in [6.07, 6.45) is 3.90. The Morgan fingerprint density at radius 1 is 1.35 bits per heavy atom. The topological polar surface area (TPSA) is 50.4 Å². The molecule has 0 bridgehead atoms. The number of hydrogen-bond donors (Lipinski definition) is 2. The van der Waals surface area contributed by atoms with E-state index in [9.17, 15) is 4.79 Å². The fourth-order valence-corrected chi connectivity index (χ4v) is 2.52. The molecule has 122 valence electrons. The van der Waals surface area contributed by atoms with Gasteiger partial charge in [-0.3, -0.25) is 0 Å². The Bertz CT molecular complexity index is 636. The third-order valence-electron chi connectivity index (χ3n) is 3.35. The molecular formula is C18H22N2O2S. The van der Waals surface area contributed by atoms with Crippen molar-refractivity contribution in [3.05, 3.63) is 53.2 Å². The minimum atomic E-state index is -0.318. The van der Waals surface area contributed by atoms with Crippen LogP contribution in [0.1, 0.15) is 26.3 Å². The molecule has 1 atom stereocenters. The van der Waals surface area contributed by atoms with Crippen LogP contribution in [0.2, 0.25) is 0 Å². The summed E-state index contributed by atoms with van der Waals surface area (Å²) in [6.45, 7) is 6.25. The van der Waals surface area contributed by atoms with Crippen molar-refractivity contribution in [2.45, 2.75) is 26.8 Å². The summed E-state index contributed by atoms with van der Waals surface area (Å²) in [6, 6.07) is 9.61. The lowest BCUT2D eigenvalue weighted by Crippen LogP contribution is -2.49. The standard InChI is InChI=1S/C18H22N2O2S/c1-12(2)11-22-17(21)16-13(3)19-18(23)20-15(16)10-9-14-7-5-4-6-8-14/h4-10,12,15H,11H2,1-3H3,(H2,19,20,23)/b10-9+/t15-/m0/s1. The van der Waals surface area contributed by atoms with Crippen LogP contribution in [0, 0.1) is 5.92 Å². The van der Waals surface area contributed by atoms with Crippen molar-refractivity contribution in [2.75, 3.05) is 6.61 Å². The molecule has 1 aromatic carbocycles. The van der Waals surface area contributed by atoms with Crippen molar-refractivity contribution < 1.29 is 9.53 Å². The van der Waals surface area contributed by atoms with Crippen LogP contribution in [-0.2, 0) is 9.53 Å². The molecule has 1 aliphatic rings. The van der Waals surface area contributed by atoms with E-state index in [0.717, 1.165) is 11.3 Å². The molecule has 4 nitrogen and oxygen atoms in total. The van der Waals surface area contributed by atoms with Gasteiger partial charge in [-0.05, 0) is 30.6 Å². The van der Waals surface area contributed by atoms with Gasteiger partial charge in [0.05, 0.1) is 18.2 Å². The predicted octanol–water partition coefficient (Wildman–Crippen LogP) is 3.02. The molecule has 0 amide bonds. The third kappa shape index (κ3) is 4.93. The molecule has 0 unspecified atom stereocenters. The zero-order chi connectivity index (χ0) is 16.8. The van der Waals surface area contributed by atoms with Crippen LogP contribution in [0.5, 0.6) is 0 Å². The average molecular weight is 330 g/mol. The van der Waals surface area contributed by atoms with E-state index in [2.05, 4.69) is 10.6 Å². The average Bonchev–Trinajstić information content (AvgIpc) is 2.51. The van der Waals surface area contributed by atoms with Crippen molar-refractivity contribution in [3.8, 4) is 0 Å². The molecule has 0 aromatic heterocycles. The molecular weight excluding hydrogens is 308 g/mol. The molecule has 0 saturated heterocycles. The van der Waals surface area contributed by atoms with Crippen LogP contribution >= 0.6 is 12.2 Å². The van der Waals surface area contributed by atoms with Crippen molar-refractivity contribution in [1.82, 2.24) is 10.6 Å². The number of carbonyl (C=O) groups excluding carboxylic acids is 1. The SMILES string of the molecule is CC1=C(C(=O)OCC(C)C)[C@H](/C=C/c2ccccc2)NC(=S)N1. The molecule has 2 rings (SSSR count). The molecule has 0 spiro atoms. The zero-order valence-electron chi connectivity index (χ0n) is 13.6. The van der Waals surface area contributed by atoms with Gasteiger partial charge in [0.15, 0.2) is 5.11 Å². The van der Waals surface area contributed by atoms with E-state index in [-0.39, 0.29) is 12.0 Å². The van der Waals surface area contributed by atoms with Crippen LogP contribution in [-0.4, -0.2) is 23.7 Å². The normalized spacial score (nSPS) is 18.1. The molecule has 0 radical (unpaired) electrons. The number of ether oxygens (including phenoxy) is 1. The molecule has 1 aromatic rings. The second-order valence-electron chi connectivity index (χ2n) is 5.88. The third-order valence-corrected chi connectivity index (χ3v) is 3.57. The minimum absolute atomic E-state index is 0.295. The molecule has 0 aliphatic carbocycles. The summed E-state index contributed by atoms with van der Waals surface area (Å²) >= 11 is 5.19. The van der Waals surface area contributed by atoms with Crippen LogP contribution < -0.4 is 10.6 Å². The van der Waals surface area contributed by atoms with Crippen LogP contribution in [0.3, 0.4) is 0 Å². The number of thiocarbonyl (C=S) groups is 1. The highest BCUT2D eigenvalue weighted by Gasteiger charge is 2.28. The summed E-state index contributed by atoms with van der Waals surface area (Å²) in [7, 11) is 0. The predicted molar refractivity (Wildman–Crippen MR) is 96.6 cm³/mol. The van der Waals surface area contributed by atoms with Gasteiger partial charge in [0.1, 0.15) is 0 Å². The summed E-state index contributed by atoms with van der Waals surface area (Å²) < 4.78 is 5.38. The largest absolute Gasteiger partial charge is 0.462 e. The molecule has 2 N–H and O–H groups in total. The molecule has 23 heavy (non-hydrogen) atoms. The fourth-order valence-electron chi connectivity index (χ4n) is 2.24. The lowest BCUT2D eigenvalue weighted by molar-refractivity contribution is -0.140. The first-order valence-corrected chi connectivity index (χ1v) is 8.07. The number of carbonyl (C=O) groups is 1. The van der Waals surface area contributed by atoms with Crippen LogP contribution in [0.15, 0.2) is 47.7 Å². The van der Waals surface area contributed by atoms with E-state index in [1.807, 2.05) is 63.3 Å². The molecule has 0 fully saturated rings. The van der Waals surface area contributed by atoms with Gasteiger partial charge < -0.3 is 15.4 Å². The Balaban J connectivity index is 2.20. The maximum atomic E-state index is 12.4. The number of benzene rings is 1. The highest BCUT2D eigenvalue weighted by molar-refractivity contribution is 7.80. The van der Waals surface area contributed by atoms with Gasteiger partial charge in [-0.1, -0.05) is 56.3 Å². The number of allylic oxidation sites excluding steroid dienone is 1. The van der Waals surface area contributed by atoms with Crippen molar-refractivity contribution in [3.63, 3.8) is 0 Å². The van der Waals surface area contributed by atoms with E-state index in [1.54, 1.807) is 0 Å². The molecule has 1 heterocycles. The Morgan fingerprint density at radius 3 is 2.70 bits per heavy atom. The number of hydrogen-bond acceptors (Lipinski definition) is 3. The summed E-state index contributed by atoms with van der Waals surface area (Å²) in [4.78, 5) is 12.4. The van der Waals surface area contributed by atoms with Gasteiger partial charge in [-0.2, -0.15) is 0 Å². The Morgan fingerprint density at radius 2 is 2.04 bits per heavy atom. The maximum Gasteiger partial charge on any atom is 0.338 e. The van der Waals surface area contributed by atoms with Gasteiger partial charge in [-0.25, -0.2) is 4.79 Å². The number of esters is 1. The van der Waals surface area contributed by atoms with E-state index < -0.39 is 0 Å². The van der Waals surface area contributed by atoms with Gasteiger partial charge in [-0.15, -0.1) is 0 Å². The van der Waals surface area contributed by atoms with Crippen molar-refractivity contribution in [2.24, 2.45) is 5.92 Å². The lowest BCUT2D eigenvalue weighted by Gasteiger charge is -2.27. The summed E-state index contributed by atoms with van der Waals surface area (Å²) in [5.41, 5.74) is 2.35. The summed E-state index contributed by atoms with van der Waals surface area (Å²) in [5, 5.41) is 6.61. The van der Waals surface area contributed by atoms with Crippen LogP contribution in [0.4, 0.5) is 0 Å². The first kappa shape index (κ1) is 17.2. The van der Waals surface area contributed by atoms with Gasteiger partial charge in [0.25, 0.3) is 0 Å². The Kier molecular flexibility index (Phi) is 5.93. The Hall–Kier alpha value is -2.14. The van der Waals surface area contributed by atoms with Gasteiger partial charge in [0, 0.05) is 5.70 Å². The first-order chi connectivity index (χ1) is 11.0. The zero-order valence-corrected chi connectivity index (χ0v) is 14.4. The number of nitrogens with one attached hydrogen (secondary N) is 2. The highest BCUT2D eigenvalue weighted by Crippen LogP contribution is 2.17. The smallest absolute Gasteiger partial charge is 0.338 e. The second kappa shape index (κ2) is 7.92. The Labute approximate surface area is 142 Å². The molecule has 5 heteroatoms. The van der Waals surface area contributed by atoms with Crippen LogP contribution in [0.25, 0.3) is 6.08 Å². The minimum Gasteiger partial charge on any atom is -0.462 e. The monoisotopic (exact) mass is 330 g/mol. The summed E-state index contributed by atoms with van der Waals surface area (Å²) in [5.74, 6) is -0.0230. The van der Waals surface area contributed by atoms with Crippen molar-refractivity contribution in [1.29, 1.82) is 0 Å². The van der Waals surface area contributed by atoms with Gasteiger partial charge in [0.2, 0.25) is 0 Å². The quantitative estimate of drug-likeness (QED) is 0.642.